The Labute approximate surface area is 481 Å². The third kappa shape index (κ3) is 6.41. The molecule has 1 aliphatic carbocycles. The molecule has 0 aliphatic heterocycles. The van der Waals surface area contributed by atoms with Crippen molar-refractivity contribution in [2.45, 2.75) is 5.41 Å². The second-order valence-electron chi connectivity index (χ2n) is 21.9. The molecule has 6 heteroatoms. The first-order chi connectivity index (χ1) is 41.2. The molecule has 0 radical (unpaired) electrons. The van der Waals surface area contributed by atoms with Crippen LogP contribution in [0.2, 0.25) is 0 Å². The van der Waals surface area contributed by atoms with Crippen molar-refractivity contribution in [1.82, 2.24) is 23.7 Å². The average Bonchev–Trinajstić information content (AvgIpc) is 1.81. The van der Waals surface area contributed by atoms with Crippen molar-refractivity contribution in [2.24, 2.45) is 0 Å². The summed E-state index contributed by atoms with van der Waals surface area (Å²) >= 11 is 1.90. The molecule has 0 spiro atoms. The highest BCUT2D eigenvalue weighted by atomic mass is 32.1. The van der Waals surface area contributed by atoms with Crippen LogP contribution in [0.3, 0.4) is 0 Å². The van der Waals surface area contributed by atoms with Gasteiger partial charge < -0.3 is 9.13 Å². The van der Waals surface area contributed by atoms with Crippen molar-refractivity contribution in [2.75, 3.05) is 0 Å². The van der Waals surface area contributed by atoms with Crippen LogP contribution in [0, 0.1) is 0 Å². The molecule has 0 saturated heterocycles. The van der Waals surface area contributed by atoms with E-state index in [0.717, 1.165) is 55.8 Å². The maximum atomic E-state index is 5.63. The van der Waals surface area contributed by atoms with E-state index >= 15 is 0 Å². The predicted molar refractivity (Wildman–Crippen MR) is 346 cm³/mol. The lowest BCUT2D eigenvalue weighted by atomic mass is 9.67. The van der Waals surface area contributed by atoms with Gasteiger partial charge in [-0.05, 0) is 88.0 Å². The minimum absolute atomic E-state index is 0.625. The zero-order chi connectivity index (χ0) is 54.3. The average molecular weight is 1070 g/mol. The Hall–Kier alpha value is -10.7. The number of fused-ring (bicyclic) bond motifs is 19. The van der Waals surface area contributed by atoms with Gasteiger partial charge in [0.25, 0.3) is 0 Å². The third-order valence-corrected chi connectivity index (χ3v) is 18.9. The summed E-state index contributed by atoms with van der Waals surface area (Å²) < 4.78 is 9.91. The normalized spacial score (nSPS) is 12.9. The summed E-state index contributed by atoms with van der Waals surface area (Å²) in [6.45, 7) is 0. The van der Waals surface area contributed by atoms with Crippen LogP contribution >= 0.6 is 11.3 Å². The molecule has 0 atom stereocenters. The van der Waals surface area contributed by atoms with Crippen molar-refractivity contribution in [3.63, 3.8) is 0 Å². The van der Waals surface area contributed by atoms with Gasteiger partial charge in [0.15, 0.2) is 0 Å². The molecular formula is C77H47N5S. The van der Waals surface area contributed by atoms with Crippen molar-refractivity contribution in [3.8, 4) is 51.0 Å². The number of aromatic nitrogens is 5. The molecule has 5 heterocycles. The number of hydrogen-bond donors (Lipinski definition) is 0. The molecule has 0 bridgehead atoms. The molecule has 18 rings (SSSR count). The van der Waals surface area contributed by atoms with E-state index in [-0.39, 0.29) is 0 Å². The first kappa shape index (κ1) is 46.1. The summed E-state index contributed by atoms with van der Waals surface area (Å²) in [5.41, 5.74) is 19.5. The van der Waals surface area contributed by atoms with E-state index in [9.17, 15) is 0 Å². The lowest BCUT2D eigenvalue weighted by molar-refractivity contribution is 0.776. The minimum Gasteiger partial charge on any atom is -0.307 e. The Morgan fingerprint density at radius 1 is 0.337 bits per heavy atom. The molecule has 386 valence electrons. The molecule has 12 aromatic carbocycles. The van der Waals surface area contributed by atoms with Gasteiger partial charge in [-0.1, -0.05) is 231 Å². The Kier molecular flexibility index (Phi) is 9.82. The largest absolute Gasteiger partial charge is 0.307 e. The topological polar surface area (TPSA) is 40.6 Å². The number of para-hydroxylation sites is 4. The Balaban J connectivity index is 1.04. The molecule has 0 saturated carbocycles. The molecule has 0 fully saturated rings. The minimum atomic E-state index is -0.736. The van der Waals surface area contributed by atoms with Gasteiger partial charge in [0.2, 0.25) is 5.95 Å². The number of nitrogens with zero attached hydrogens (tertiary/aromatic N) is 5. The fourth-order valence-corrected chi connectivity index (χ4v) is 15.7. The van der Waals surface area contributed by atoms with E-state index < -0.39 is 5.41 Å². The van der Waals surface area contributed by atoms with Crippen LogP contribution in [0.5, 0.6) is 0 Å². The number of rotatable bonds is 7. The Morgan fingerprint density at radius 2 is 0.807 bits per heavy atom. The maximum absolute atomic E-state index is 5.63. The van der Waals surface area contributed by atoms with E-state index in [0.29, 0.717) is 5.95 Å². The Bertz CT molecular complexity index is 5390. The summed E-state index contributed by atoms with van der Waals surface area (Å²) in [5.74, 6) is 0.625. The molecule has 1 aliphatic rings. The smallest absolute Gasteiger partial charge is 0.235 e. The van der Waals surface area contributed by atoms with Gasteiger partial charge in [-0.15, -0.1) is 11.3 Å². The van der Waals surface area contributed by atoms with Gasteiger partial charge in [0.1, 0.15) is 0 Å². The fourth-order valence-electron chi connectivity index (χ4n) is 14.4. The zero-order valence-electron chi connectivity index (χ0n) is 44.8. The first-order valence-corrected chi connectivity index (χ1v) is 29.2. The highest BCUT2D eigenvalue weighted by Gasteiger charge is 2.49. The number of benzene rings is 12. The van der Waals surface area contributed by atoms with Gasteiger partial charge in [0, 0.05) is 75.0 Å². The molecular weight excluding hydrogens is 1030 g/mol. The second kappa shape index (κ2) is 17.7. The lowest BCUT2D eigenvalue weighted by Crippen LogP contribution is -2.28. The van der Waals surface area contributed by atoms with Crippen molar-refractivity contribution in [3.05, 3.63) is 307 Å². The zero-order valence-corrected chi connectivity index (χ0v) is 45.6. The van der Waals surface area contributed by atoms with Crippen LogP contribution in [0.25, 0.3) is 137 Å². The fraction of sp³-hybridized carbons (Fsp3) is 0.0130. The van der Waals surface area contributed by atoms with Gasteiger partial charge in [-0.2, -0.15) is 0 Å². The van der Waals surface area contributed by atoms with Gasteiger partial charge in [-0.25, -0.2) is 9.97 Å². The van der Waals surface area contributed by atoms with Crippen molar-refractivity contribution in [1.29, 1.82) is 0 Å². The molecule has 0 unspecified atom stereocenters. The quantitative estimate of drug-likeness (QED) is 0.160. The molecule has 17 aromatic rings. The summed E-state index contributed by atoms with van der Waals surface area (Å²) in [5, 5.41) is 9.60. The van der Waals surface area contributed by atoms with E-state index in [2.05, 4.69) is 299 Å². The third-order valence-electron chi connectivity index (χ3n) is 17.7. The van der Waals surface area contributed by atoms with Gasteiger partial charge >= 0.3 is 0 Å². The van der Waals surface area contributed by atoms with E-state index in [4.69, 9.17) is 9.97 Å². The highest BCUT2D eigenvalue weighted by Crippen LogP contribution is 2.63. The van der Waals surface area contributed by atoms with Gasteiger partial charge in [-0.3, -0.25) is 4.57 Å². The van der Waals surface area contributed by atoms with Crippen LogP contribution < -0.4 is 0 Å². The molecule has 0 amide bonds. The van der Waals surface area contributed by atoms with Crippen LogP contribution in [0.1, 0.15) is 22.3 Å². The van der Waals surface area contributed by atoms with Crippen LogP contribution in [0.15, 0.2) is 285 Å². The second-order valence-corrected chi connectivity index (χ2v) is 23.0. The van der Waals surface area contributed by atoms with Crippen LogP contribution in [0.4, 0.5) is 0 Å². The summed E-state index contributed by atoms with van der Waals surface area (Å²) in [6.07, 6.45) is 0. The Morgan fingerprint density at radius 3 is 1.39 bits per heavy atom. The van der Waals surface area contributed by atoms with E-state index in [1.54, 1.807) is 0 Å². The van der Waals surface area contributed by atoms with E-state index in [1.165, 1.54) is 97.0 Å². The first-order valence-electron chi connectivity index (χ1n) is 28.4. The number of hydrogen-bond acceptors (Lipinski definition) is 3. The molecule has 83 heavy (non-hydrogen) atoms. The molecule has 5 aromatic heterocycles. The number of thiophene rings is 1. The van der Waals surface area contributed by atoms with Gasteiger partial charge in [0.05, 0.1) is 49.9 Å². The molecule has 0 N–H and O–H groups in total. The predicted octanol–water partition coefficient (Wildman–Crippen LogP) is 19.8. The van der Waals surface area contributed by atoms with Crippen LogP contribution in [-0.4, -0.2) is 23.7 Å². The summed E-state index contributed by atoms with van der Waals surface area (Å²) in [4.78, 5) is 11.3. The van der Waals surface area contributed by atoms with Crippen molar-refractivity contribution >= 4 is 96.9 Å². The summed E-state index contributed by atoms with van der Waals surface area (Å²) in [6, 6.07) is 105. The monoisotopic (exact) mass is 1070 g/mol. The lowest BCUT2D eigenvalue weighted by Gasteiger charge is -2.34. The SMILES string of the molecule is c1ccc(-c2cc(-c3ccccc3)nc(-n3c4ccccc4c4c5c(c6sc7ccccc7c6c43)C(c3ccccc3)(c3ccccc3)c3ccc(-n4c6ccccc6c6ccc7c8ccccc8n(-c8ccccc8)c7c64)cc3-5)n2)cc1. The van der Waals surface area contributed by atoms with E-state index in [1.807, 2.05) is 11.3 Å². The molecule has 5 nitrogen and oxygen atoms in total. The standard InChI is InChI=1S/C77H47N5S/c1-6-24-48(25-7-1)62-47-63(49-26-8-2-9-27-49)79-76(78-62)82-66-40-22-18-36-58(66)69-68-60-46-53(81-65-39-21-17-35-55(65)57-44-43-56-54-34-16-20-38-64(54)80(72(56)73(57)81)52-32-14-5-15-33-52)42-45-61(60)77(50-28-10-3-11-29-50,51-30-12-4-13-31-51)71(68)75-70(74(69)82)59-37-19-23-41-67(59)83-75/h1-47H. The van der Waals surface area contributed by atoms with Crippen molar-refractivity contribution < 1.29 is 0 Å². The van der Waals surface area contributed by atoms with Crippen LogP contribution in [-0.2, 0) is 5.41 Å². The maximum Gasteiger partial charge on any atom is 0.235 e. The summed E-state index contributed by atoms with van der Waals surface area (Å²) in [7, 11) is 0. The highest BCUT2D eigenvalue weighted by molar-refractivity contribution is 7.26.